The van der Waals surface area contributed by atoms with E-state index in [4.69, 9.17) is 10.8 Å². The standard InChI is InChI=1S/C17H27N5O6/c1-9(2)5-13(17(27)28)22-16(26)12(6-10-7-19-8-20-10)21-15(25)11(18)3-4-14(23)24/h7-9,11-13H,3-6,18H2,1-2H3,(H,19,20)(H,21,25)(H,22,26)(H,23,24)(H,27,28). The summed E-state index contributed by atoms with van der Waals surface area (Å²) >= 11 is 0. The average Bonchev–Trinajstić information content (AvgIpc) is 3.10. The first-order valence-electron chi connectivity index (χ1n) is 8.88. The van der Waals surface area contributed by atoms with Crippen molar-refractivity contribution in [3.63, 3.8) is 0 Å². The van der Waals surface area contributed by atoms with Gasteiger partial charge in [0.2, 0.25) is 11.8 Å². The number of H-pyrrole nitrogens is 1. The molecule has 3 unspecified atom stereocenters. The lowest BCUT2D eigenvalue weighted by atomic mass is 10.0. The summed E-state index contributed by atoms with van der Waals surface area (Å²) in [6.45, 7) is 3.65. The second-order valence-electron chi connectivity index (χ2n) is 6.91. The van der Waals surface area contributed by atoms with Gasteiger partial charge in [0, 0.05) is 24.7 Å². The number of carboxylic acid groups (broad SMARTS) is 2. The molecule has 0 bridgehead atoms. The molecular weight excluding hydrogens is 370 g/mol. The topological polar surface area (TPSA) is 187 Å². The fourth-order valence-corrected chi connectivity index (χ4v) is 2.48. The van der Waals surface area contributed by atoms with Crippen molar-refractivity contribution in [2.75, 3.05) is 0 Å². The lowest BCUT2D eigenvalue weighted by Gasteiger charge is -2.23. The minimum absolute atomic E-state index is 0.0338. The second kappa shape index (κ2) is 11.0. The monoisotopic (exact) mass is 397 g/mol. The predicted molar refractivity (Wildman–Crippen MR) is 98.1 cm³/mol. The zero-order valence-corrected chi connectivity index (χ0v) is 15.8. The van der Waals surface area contributed by atoms with Crippen LogP contribution in [-0.2, 0) is 25.6 Å². The average molecular weight is 397 g/mol. The minimum atomic E-state index is -1.17. The van der Waals surface area contributed by atoms with Gasteiger partial charge in [-0.25, -0.2) is 9.78 Å². The highest BCUT2D eigenvalue weighted by atomic mass is 16.4. The summed E-state index contributed by atoms with van der Waals surface area (Å²) in [4.78, 5) is 53.5. The van der Waals surface area contributed by atoms with Crippen LogP contribution in [0.1, 0.15) is 38.8 Å². The summed E-state index contributed by atoms with van der Waals surface area (Å²) < 4.78 is 0. The SMILES string of the molecule is CC(C)CC(NC(=O)C(Cc1cnc[nH]1)NC(=O)C(N)CCC(=O)O)C(=O)O. The quantitative estimate of drug-likeness (QED) is 0.265. The predicted octanol–water partition coefficient (Wildman–Crippen LogP) is -0.755. The fraction of sp³-hybridized carbons (Fsp3) is 0.588. The van der Waals surface area contributed by atoms with E-state index in [1.165, 1.54) is 12.5 Å². The molecule has 0 aliphatic heterocycles. The van der Waals surface area contributed by atoms with Crippen molar-refractivity contribution in [2.24, 2.45) is 11.7 Å². The van der Waals surface area contributed by atoms with Gasteiger partial charge in [0.05, 0.1) is 12.4 Å². The van der Waals surface area contributed by atoms with Gasteiger partial charge in [0.25, 0.3) is 0 Å². The third-order valence-electron chi connectivity index (χ3n) is 3.94. The van der Waals surface area contributed by atoms with Gasteiger partial charge in [-0.2, -0.15) is 0 Å². The van der Waals surface area contributed by atoms with E-state index in [0.29, 0.717) is 5.69 Å². The minimum Gasteiger partial charge on any atom is -0.481 e. The van der Waals surface area contributed by atoms with Crippen molar-refractivity contribution >= 4 is 23.8 Å². The van der Waals surface area contributed by atoms with Crippen LogP contribution in [0, 0.1) is 5.92 Å². The zero-order chi connectivity index (χ0) is 21.3. The highest BCUT2D eigenvalue weighted by Gasteiger charge is 2.29. The highest BCUT2D eigenvalue weighted by Crippen LogP contribution is 2.07. The van der Waals surface area contributed by atoms with E-state index in [-0.39, 0.29) is 31.6 Å². The van der Waals surface area contributed by atoms with Gasteiger partial charge in [-0.1, -0.05) is 13.8 Å². The summed E-state index contributed by atoms with van der Waals surface area (Å²) in [5.41, 5.74) is 6.23. The summed E-state index contributed by atoms with van der Waals surface area (Å²) in [6, 6.07) is -3.31. The fourth-order valence-electron chi connectivity index (χ4n) is 2.48. The van der Waals surface area contributed by atoms with Crippen molar-refractivity contribution in [3.8, 4) is 0 Å². The Morgan fingerprint density at radius 3 is 2.29 bits per heavy atom. The first-order valence-corrected chi connectivity index (χ1v) is 8.88. The van der Waals surface area contributed by atoms with E-state index >= 15 is 0 Å². The number of aromatic nitrogens is 2. The first-order chi connectivity index (χ1) is 13.1. The summed E-state index contributed by atoms with van der Waals surface area (Å²) in [6.07, 6.45) is 2.76. The van der Waals surface area contributed by atoms with Gasteiger partial charge in [0.1, 0.15) is 12.1 Å². The van der Waals surface area contributed by atoms with Crippen LogP contribution >= 0.6 is 0 Å². The smallest absolute Gasteiger partial charge is 0.326 e. The number of carboxylic acids is 2. The van der Waals surface area contributed by atoms with Crippen LogP contribution < -0.4 is 16.4 Å². The van der Waals surface area contributed by atoms with E-state index in [9.17, 15) is 24.3 Å². The van der Waals surface area contributed by atoms with E-state index in [1.807, 2.05) is 13.8 Å². The van der Waals surface area contributed by atoms with Crippen molar-refractivity contribution < 1.29 is 29.4 Å². The van der Waals surface area contributed by atoms with E-state index in [2.05, 4.69) is 20.6 Å². The normalized spacial score (nSPS) is 14.1. The Labute approximate surface area is 162 Å². The summed E-state index contributed by atoms with van der Waals surface area (Å²) in [5, 5.41) is 22.9. The largest absolute Gasteiger partial charge is 0.481 e. The molecule has 0 aliphatic rings. The van der Waals surface area contributed by atoms with E-state index < -0.39 is 41.9 Å². The van der Waals surface area contributed by atoms with E-state index in [0.717, 1.165) is 0 Å². The molecule has 1 heterocycles. The maximum Gasteiger partial charge on any atom is 0.326 e. The van der Waals surface area contributed by atoms with Crippen molar-refractivity contribution in [1.82, 2.24) is 20.6 Å². The van der Waals surface area contributed by atoms with Crippen molar-refractivity contribution in [1.29, 1.82) is 0 Å². The summed E-state index contributed by atoms with van der Waals surface area (Å²) in [7, 11) is 0. The molecule has 156 valence electrons. The van der Waals surface area contributed by atoms with Crippen molar-refractivity contribution in [2.45, 2.75) is 57.7 Å². The van der Waals surface area contributed by atoms with Crippen LogP contribution in [0.15, 0.2) is 12.5 Å². The molecule has 1 rings (SSSR count). The molecule has 2 amide bonds. The molecule has 28 heavy (non-hydrogen) atoms. The van der Waals surface area contributed by atoms with Crippen LogP contribution in [0.5, 0.6) is 0 Å². The lowest BCUT2D eigenvalue weighted by Crippen LogP contribution is -2.55. The third kappa shape index (κ3) is 8.16. The molecule has 11 nitrogen and oxygen atoms in total. The van der Waals surface area contributed by atoms with Crippen LogP contribution in [0.3, 0.4) is 0 Å². The molecule has 1 aromatic heterocycles. The number of imidazole rings is 1. The zero-order valence-electron chi connectivity index (χ0n) is 15.8. The number of carbonyl (C=O) groups is 4. The van der Waals surface area contributed by atoms with Gasteiger partial charge >= 0.3 is 11.9 Å². The first kappa shape index (κ1) is 23.1. The summed E-state index contributed by atoms with van der Waals surface area (Å²) in [5.74, 6) is -3.61. The van der Waals surface area contributed by atoms with Gasteiger partial charge in [-0.05, 0) is 18.8 Å². The second-order valence-corrected chi connectivity index (χ2v) is 6.91. The number of aromatic amines is 1. The number of carbonyl (C=O) groups excluding carboxylic acids is 2. The Morgan fingerprint density at radius 2 is 1.79 bits per heavy atom. The molecular formula is C17H27N5O6. The Kier molecular flexibility index (Phi) is 9.09. The molecule has 0 aromatic carbocycles. The molecule has 0 fully saturated rings. The maximum atomic E-state index is 12.6. The number of aliphatic carboxylic acids is 2. The van der Waals surface area contributed by atoms with Crippen LogP contribution in [-0.4, -0.2) is 62.1 Å². The van der Waals surface area contributed by atoms with Crippen LogP contribution in [0.4, 0.5) is 0 Å². The third-order valence-corrected chi connectivity index (χ3v) is 3.94. The Hall–Kier alpha value is -2.95. The van der Waals surface area contributed by atoms with Gasteiger partial charge in [0.15, 0.2) is 0 Å². The van der Waals surface area contributed by atoms with Gasteiger partial charge < -0.3 is 31.6 Å². The van der Waals surface area contributed by atoms with E-state index in [1.54, 1.807) is 0 Å². The molecule has 11 heteroatoms. The maximum absolute atomic E-state index is 12.6. The van der Waals surface area contributed by atoms with Gasteiger partial charge in [-0.15, -0.1) is 0 Å². The van der Waals surface area contributed by atoms with Crippen LogP contribution in [0.25, 0.3) is 0 Å². The number of nitrogens with one attached hydrogen (secondary N) is 3. The Morgan fingerprint density at radius 1 is 1.14 bits per heavy atom. The Bertz CT molecular complexity index is 676. The number of nitrogens with two attached hydrogens (primary N) is 1. The molecule has 0 radical (unpaired) electrons. The van der Waals surface area contributed by atoms with Gasteiger partial charge in [-0.3, -0.25) is 14.4 Å². The molecule has 0 aliphatic carbocycles. The number of hydrogen-bond donors (Lipinski definition) is 6. The highest BCUT2D eigenvalue weighted by molar-refractivity contribution is 5.92. The molecule has 0 saturated carbocycles. The Balaban J connectivity index is 2.85. The van der Waals surface area contributed by atoms with Crippen molar-refractivity contribution in [3.05, 3.63) is 18.2 Å². The molecule has 1 aromatic rings. The molecule has 7 N–H and O–H groups in total. The number of amides is 2. The number of hydrogen-bond acceptors (Lipinski definition) is 6. The number of nitrogens with zero attached hydrogens (tertiary/aromatic N) is 1. The van der Waals surface area contributed by atoms with Crippen LogP contribution in [0.2, 0.25) is 0 Å². The molecule has 3 atom stereocenters. The lowest BCUT2D eigenvalue weighted by molar-refractivity contribution is -0.142. The molecule has 0 saturated heterocycles. The molecule has 0 spiro atoms. The number of rotatable bonds is 12.